The summed E-state index contributed by atoms with van der Waals surface area (Å²) >= 11 is 0. The Bertz CT molecular complexity index is 532. The van der Waals surface area contributed by atoms with Gasteiger partial charge in [0.15, 0.2) is 0 Å². The van der Waals surface area contributed by atoms with E-state index in [1.165, 1.54) is 18.3 Å². The molecule has 1 fully saturated rings. The van der Waals surface area contributed by atoms with Crippen molar-refractivity contribution in [1.82, 2.24) is 4.98 Å². The summed E-state index contributed by atoms with van der Waals surface area (Å²) in [6.07, 6.45) is 4.44. The molecule has 1 aliphatic rings. The number of nitrogens with zero attached hydrogens (tertiary/aromatic N) is 1. The summed E-state index contributed by atoms with van der Waals surface area (Å²) in [5.74, 6) is -0.725. The third-order valence-corrected chi connectivity index (χ3v) is 3.82. The summed E-state index contributed by atoms with van der Waals surface area (Å²) < 4.78 is 0. The van der Waals surface area contributed by atoms with Gasteiger partial charge < -0.3 is 16.2 Å². The van der Waals surface area contributed by atoms with Crippen LogP contribution < -0.4 is 11.1 Å². The minimum Gasteiger partial charge on any atom is -0.480 e. The molecule has 20 heavy (non-hydrogen) atoms. The molecule has 1 aromatic heterocycles. The maximum atomic E-state index is 11.7. The lowest BCUT2D eigenvalue weighted by Crippen LogP contribution is -2.49. The molecule has 4 N–H and O–H groups in total. The summed E-state index contributed by atoms with van der Waals surface area (Å²) in [5, 5.41) is 12.6. The molecule has 1 aromatic rings. The number of aliphatic carboxylic acids is 1. The van der Waals surface area contributed by atoms with Gasteiger partial charge in [-0.2, -0.15) is 0 Å². The number of hydrogen-bond donors (Lipinski definition) is 3. The van der Waals surface area contributed by atoms with E-state index < -0.39 is 17.4 Å². The SMILES string of the molecule is CC1CCCC(Nc2cc(C(N)=O)ccn2)(C(=O)O)C1. The van der Waals surface area contributed by atoms with Gasteiger partial charge in [0.2, 0.25) is 5.91 Å². The summed E-state index contributed by atoms with van der Waals surface area (Å²) in [7, 11) is 0. The van der Waals surface area contributed by atoms with Crippen LogP contribution in [0.15, 0.2) is 18.3 Å². The molecule has 1 heterocycles. The van der Waals surface area contributed by atoms with E-state index in [2.05, 4.69) is 10.3 Å². The molecule has 1 saturated carbocycles. The largest absolute Gasteiger partial charge is 0.480 e. The van der Waals surface area contributed by atoms with Crippen LogP contribution in [0.4, 0.5) is 5.82 Å². The number of primary amides is 1. The third kappa shape index (κ3) is 2.89. The molecule has 0 spiro atoms. The standard InChI is InChI=1S/C14H19N3O3/c1-9-3-2-5-14(8-9,13(19)20)17-11-7-10(12(15)18)4-6-16-11/h4,6-7,9H,2-3,5,8H2,1H3,(H2,15,18)(H,16,17)(H,19,20). The number of pyridine rings is 1. The maximum absolute atomic E-state index is 11.7. The van der Waals surface area contributed by atoms with Crippen molar-refractivity contribution in [3.05, 3.63) is 23.9 Å². The Morgan fingerprint density at radius 2 is 2.30 bits per heavy atom. The Balaban J connectivity index is 2.26. The number of carboxylic acids is 1. The van der Waals surface area contributed by atoms with Crippen LogP contribution in [-0.2, 0) is 4.79 Å². The minimum atomic E-state index is -1.01. The number of amides is 1. The van der Waals surface area contributed by atoms with E-state index in [9.17, 15) is 14.7 Å². The van der Waals surface area contributed by atoms with Gasteiger partial charge in [0, 0.05) is 11.8 Å². The second-order valence-electron chi connectivity index (χ2n) is 5.51. The molecule has 1 aliphatic carbocycles. The second kappa shape index (κ2) is 5.48. The van der Waals surface area contributed by atoms with Crippen LogP contribution in [-0.4, -0.2) is 27.5 Å². The highest BCUT2D eigenvalue weighted by Crippen LogP contribution is 2.35. The van der Waals surface area contributed by atoms with Crippen molar-refractivity contribution < 1.29 is 14.7 Å². The Hall–Kier alpha value is -2.11. The molecule has 2 atom stereocenters. The van der Waals surface area contributed by atoms with Crippen LogP contribution in [0, 0.1) is 5.92 Å². The van der Waals surface area contributed by atoms with Crippen molar-refractivity contribution in [2.24, 2.45) is 11.7 Å². The topological polar surface area (TPSA) is 105 Å². The maximum Gasteiger partial charge on any atom is 0.329 e. The van der Waals surface area contributed by atoms with E-state index in [4.69, 9.17) is 5.73 Å². The summed E-state index contributed by atoms with van der Waals surface area (Å²) in [6.45, 7) is 2.05. The molecule has 6 nitrogen and oxygen atoms in total. The molecule has 0 bridgehead atoms. The smallest absolute Gasteiger partial charge is 0.329 e. The fourth-order valence-corrected chi connectivity index (χ4v) is 2.81. The molecule has 2 rings (SSSR count). The predicted octanol–water partition coefficient (Wildman–Crippen LogP) is 1.63. The van der Waals surface area contributed by atoms with E-state index in [1.54, 1.807) is 0 Å². The van der Waals surface area contributed by atoms with Gasteiger partial charge in [-0.1, -0.05) is 19.8 Å². The fraction of sp³-hybridized carbons (Fsp3) is 0.500. The van der Waals surface area contributed by atoms with Crippen LogP contribution in [0.3, 0.4) is 0 Å². The second-order valence-corrected chi connectivity index (χ2v) is 5.51. The van der Waals surface area contributed by atoms with Crippen LogP contribution in [0.5, 0.6) is 0 Å². The van der Waals surface area contributed by atoms with Crippen molar-refractivity contribution in [3.63, 3.8) is 0 Å². The summed E-state index contributed by atoms with van der Waals surface area (Å²) in [6, 6.07) is 3.00. The number of hydrogen-bond acceptors (Lipinski definition) is 4. The average Bonchev–Trinajstić information content (AvgIpc) is 2.38. The van der Waals surface area contributed by atoms with Crippen LogP contribution in [0.2, 0.25) is 0 Å². The number of aromatic nitrogens is 1. The van der Waals surface area contributed by atoms with Crippen molar-refractivity contribution in [2.45, 2.75) is 38.1 Å². The van der Waals surface area contributed by atoms with Gasteiger partial charge in [-0.3, -0.25) is 4.79 Å². The van der Waals surface area contributed by atoms with Crippen LogP contribution in [0.25, 0.3) is 0 Å². The molecule has 2 unspecified atom stereocenters. The number of nitrogens with two attached hydrogens (primary N) is 1. The molecule has 108 valence electrons. The molecule has 6 heteroatoms. The first-order chi connectivity index (χ1) is 9.43. The molecule has 0 radical (unpaired) electrons. The van der Waals surface area contributed by atoms with Gasteiger partial charge in [0.25, 0.3) is 0 Å². The van der Waals surface area contributed by atoms with Gasteiger partial charge in [-0.05, 0) is 30.9 Å². The van der Waals surface area contributed by atoms with Gasteiger partial charge in [0.05, 0.1) is 0 Å². The first kappa shape index (κ1) is 14.3. The van der Waals surface area contributed by atoms with E-state index in [-0.39, 0.29) is 0 Å². The first-order valence-corrected chi connectivity index (χ1v) is 6.70. The van der Waals surface area contributed by atoms with E-state index in [0.29, 0.717) is 30.1 Å². The Kier molecular flexibility index (Phi) is 3.92. The third-order valence-electron chi connectivity index (χ3n) is 3.82. The highest BCUT2D eigenvalue weighted by atomic mass is 16.4. The first-order valence-electron chi connectivity index (χ1n) is 6.70. The number of carbonyl (C=O) groups excluding carboxylic acids is 1. The Morgan fingerprint density at radius 1 is 1.55 bits per heavy atom. The normalized spacial score (nSPS) is 25.9. The van der Waals surface area contributed by atoms with E-state index in [1.807, 2.05) is 6.92 Å². The quantitative estimate of drug-likeness (QED) is 0.775. The average molecular weight is 277 g/mol. The van der Waals surface area contributed by atoms with Gasteiger partial charge in [-0.25, -0.2) is 9.78 Å². The number of nitrogens with one attached hydrogen (secondary N) is 1. The fourth-order valence-electron chi connectivity index (χ4n) is 2.81. The van der Waals surface area contributed by atoms with Gasteiger partial charge in [-0.15, -0.1) is 0 Å². The highest BCUT2D eigenvalue weighted by molar-refractivity contribution is 5.93. The number of anilines is 1. The minimum absolute atomic E-state index is 0.312. The van der Waals surface area contributed by atoms with Crippen molar-refractivity contribution in [1.29, 1.82) is 0 Å². The molecule has 0 aromatic carbocycles. The van der Waals surface area contributed by atoms with Gasteiger partial charge >= 0.3 is 5.97 Å². The zero-order valence-corrected chi connectivity index (χ0v) is 11.4. The lowest BCUT2D eigenvalue weighted by molar-refractivity contribution is -0.144. The lowest BCUT2D eigenvalue weighted by atomic mass is 9.76. The molecular weight excluding hydrogens is 258 g/mol. The number of carboxylic acid groups (broad SMARTS) is 1. The molecule has 1 amide bonds. The van der Waals surface area contributed by atoms with Crippen molar-refractivity contribution >= 4 is 17.7 Å². The van der Waals surface area contributed by atoms with E-state index >= 15 is 0 Å². The molecule has 0 aliphatic heterocycles. The van der Waals surface area contributed by atoms with Gasteiger partial charge in [0.1, 0.15) is 11.4 Å². The van der Waals surface area contributed by atoms with Crippen molar-refractivity contribution in [2.75, 3.05) is 5.32 Å². The molecule has 0 saturated heterocycles. The molecular formula is C14H19N3O3. The number of carbonyl (C=O) groups is 2. The van der Waals surface area contributed by atoms with E-state index in [0.717, 1.165) is 12.8 Å². The van der Waals surface area contributed by atoms with Crippen molar-refractivity contribution in [3.8, 4) is 0 Å². The summed E-state index contributed by atoms with van der Waals surface area (Å²) in [4.78, 5) is 26.9. The van der Waals surface area contributed by atoms with Crippen LogP contribution >= 0.6 is 0 Å². The lowest BCUT2D eigenvalue weighted by Gasteiger charge is -2.37. The summed E-state index contributed by atoms with van der Waals surface area (Å²) in [5.41, 5.74) is 4.52. The zero-order valence-electron chi connectivity index (χ0n) is 11.4. The Labute approximate surface area is 117 Å². The number of rotatable bonds is 4. The Morgan fingerprint density at radius 3 is 2.90 bits per heavy atom. The monoisotopic (exact) mass is 277 g/mol. The highest BCUT2D eigenvalue weighted by Gasteiger charge is 2.42. The van der Waals surface area contributed by atoms with Crippen LogP contribution in [0.1, 0.15) is 43.0 Å². The predicted molar refractivity (Wildman–Crippen MR) is 74.4 cm³/mol. The zero-order chi connectivity index (χ0) is 14.8.